The van der Waals surface area contributed by atoms with Crippen LogP contribution in [0.3, 0.4) is 0 Å². The van der Waals surface area contributed by atoms with Crippen molar-refractivity contribution in [1.29, 1.82) is 0 Å². The zero-order valence-corrected chi connectivity index (χ0v) is 11.6. The molecule has 0 bridgehead atoms. The van der Waals surface area contributed by atoms with Gasteiger partial charge in [0.25, 0.3) is 0 Å². The molecule has 90 valence electrons. The van der Waals surface area contributed by atoms with E-state index in [-0.39, 0.29) is 0 Å². The van der Waals surface area contributed by atoms with Crippen LogP contribution >= 0.6 is 23.4 Å². The number of halogens is 1. The molecule has 0 saturated carbocycles. The smallest absolute Gasteiger partial charge is 0.129 e. The quantitative estimate of drug-likeness (QED) is 0.791. The van der Waals surface area contributed by atoms with Crippen LogP contribution in [-0.2, 0) is 0 Å². The second-order valence-corrected chi connectivity index (χ2v) is 5.36. The SMILES string of the molecule is CSCCC(C)NC(C)c1ccnc(Cl)c1. The molecule has 2 unspecified atom stereocenters. The summed E-state index contributed by atoms with van der Waals surface area (Å²) in [7, 11) is 0. The fraction of sp³-hybridized carbons (Fsp3) is 0.583. The molecule has 1 aromatic rings. The third-order valence-electron chi connectivity index (χ3n) is 2.54. The number of thioether (sulfide) groups is 1. The summed E-state index contributed by atoms with van der Waals surface area (Å²) >= 11 is 7.75. The van der Waals surface area contributed by atoms with Gasteiger partial charge in [0.15, 0.2) is 0 Å². The molecule has 1 heterocycles. The molecule has 0 spiro atoms. The Kier molecular flexibility index (Phi) is 6.17. The molecule has 16 heavy (non-hydrogen) atoms. The van der Waals surface area contributed by atoms with Gasteiger partial charge in [0.1, 0.15) is 5.15 Å². The van der Waals surface area contributed by atoms with Crippen LogP contribution in [0.25, 0.3) is 0 Å². The van der Waals surface area contributed by atoms with E-state index in [1.54, 1.807) is 6.20 Å². The number of aromatic nitrogens is 1. The number of rotatable bonds is 6. The zero-order chi connectivity index (χ0) is 12.0. The maximum atomic E-state index is 5.87. The molecule has 2 nitrogen and oxygen atoms in total. The first-order valence-corrected chi connectivity index (χ1v) is 7.27. The number of nitrogens with one attached hydrogen (secondary N) is 1. The maximum Gasteiger partial charge on any atom is 0.129 e. The topological polar surface area (TPSA) is 24.9 Å². The van der Waals surface area contributed by atoms with Crippen molar-refractivity contribution in [2.45, 2.75) is 32.4 Å². The van der Waals surface area contributed by atoms with Crippen LogP contribution in [0.2, 0.25) is 5.15 Å². The van der Waals surface area contributed by atoms with Crippen molar-refractivity contribution >= 4 is 23.4 Å². The monoisotopic (exact) mass is 258 g/mol. The van der Waals surface area contributed by atoms with Gasteiger partial charge in [0, 0.05) is 18.3 Å². The van der Waals surface area contributed by atoms with Gasteiger partial charge in [-0.25, -0.2) is 4.98 Å². The average molecular weight is 259 g/mol. The molecule has 4 heteroatoms. The molecule has 0 aliphatic rings. The number of hydrogen-bond donors (Lipinski definition) is 1. The minimum atomic E-state index is 0.317. The Morgan fingerprint density at radius 1 is 1.50 bits per heavy atom. The summed E-state index contributed by atoms with van der Waals surface area (Å²) in [5.74, 6) is 1.19. The Labute approximate surface area is 107 Å². The lowest BCUT2D eigenvalue weighted by molar-refractivity contribution is 0.471. The minimum absolute atomic E-state index is 0.317. The normalized spacial score (nSPS) is 14.8. The van der Waals surface area contributed by atoms with Gasteiger partial charge in [-0.15, -0.1) is 0 Å². The Balaban J connectivity index is 2.48. The maximum absolute atomic E-state index is 5.87. The number of nitrogens with zero attached hydrogens (tertiary/aromatic N) is 1. The van der Waals surface area contributed by atoms with Crippen molar-refractivity contribution in [3.63, 3.8) is 0 Å². The first-order chi connectivity index (χ1) is 7.63. The Morgan fingerprint density at radius 3 is 2.88 bits per heavy atom. The summed E-state index contributed by atoms with van der Waals surface area (Å²) in [5, 5.41) is 4.12. The average Bonchev–Trinajstić information content (AvgIpc) is 2.26. The lowest BCUT2D eigenvalue weighted by Gasteiger charge is -2.20. The fourth-order valence-electron chi connectivity index (χ4n) is 1.59. The van der Waals surface area contributed by atoms with E-state index >= 15 is 0 Å². The van der Waals surface area contributed by atoms with Crippen LogP contribution in [0, 0.1) is 0 Å². The van der Waals surface area contributed by atoms with Crippen molar-refractivity contribution in [3.8, 4) is 0 Å². The van der Waals surface area contributed by atoms with E-state index in [9.17, 15) is 0 Å². The molecule has 0 amide bonds. The molecule has 1 N–H and O–H groups in total. The zero-order valence-electron chi connectivity index (χ0n) is 10.0. The van der Waals surface area contributed by atoms with Crippen molar-refractivity contribution in [1.82, 2.24) is 10.3 Å². The summed E-state index contributed by atoms with van der Waals surface area (Å²) in [4.78, 5) is 3.99. The van der Waals surface area contributed by atoms with Gasteiger partial charge in [-0.1, -0.05) is 11.6 Å². The van der Waals surface area contributed by atoms with Crippen LogP contribution in [0.1, 0.15) is 31.9 Å². The van der Waals surface area contributed by atoms with Gasteiger partial charge in [-0.2, -0.15) is 11.8 Å². The van der Waals surface area contributed by atoms with Gasteiger partial charge >= 0.3 is 0 Å². The van der Waals surface area contributed by atoms with Crippen LogP contribution < -0.4 is 5.32 Å². The molecule has 0 aromatic carbocycles. The predicted octanol–water partition coefficient (Wildman–Crippen LogP) is 3.53. The largest absolute Gasteiger partial charge is 0.308 e. The van der Waals surface area contributed by atoms with Gasteiger partial charge in [0.2, 0.25) is 0 Å². The summed E-state index contributed by atoms with van der Waals surface area (Å²) in [6.07, 6.45) is 5.07. The molecule has 0 aliphatic heterocycles. The van der Waals surface area contributed by atoms with Crippen LogP contribution in [0.15, 0.2) is 18.3 Å². The Hall–Kier alpha value is -0.250. The van der Waals surface area contributed by atoms with Crippen LogP contribution in [0.5, 0.6) is 0 Å². The molecular formula is C12H19ClN2S. The van der Waals surface area contributed by atoms with Crippen molar-refractivity contribution < 1.29 is 0 Å². The van der Waals surface area contributed by atoms with E-state index in [1.807, 2.05) is 23.9 Å². The second kappa shape index (κ2) is 7.15. The lowest BCUT2D eigenvalue weighted by atomic mass is 10.1. The highest BCUT2D eigenvalue weighted by Gasteiger charge is 2.09. The van der Waals surface area contributed by atoms with Crippen molar-refractivity contribution in [2.24, 2.45) is 0 Å². The Bertz CT molecular complexity index is 320. The van der Waals surface area contributed by atoms with Crippen LogP contribution in [0.4, 0.5) is 0 Å². The second-order valence-electron chi connectivity index (χ2n) is 3.98. The van der Waals surface area contributed by atoms with Gasteiger partial charge in [-0.05, 0) is 50.0 Å². The molecule has 0 aliphatic carbocycles. The minimum Gasteiger partial charge on any atom is -0.308 e. The van der Waals surface area contributed by atoms with E-state index in [0.29, 0.717) is 17.2 Å². The van der Waals surface area contributed by atoms with E-state index in [1.165, 1.54) is 17.7 Å². The van der Waals surface area contributed by atoms with Gasteiger partial charge in [0.05, 0.1) is 0 Å². The third kappa shape index (κ3) is 4.73. The van der Waals surface area contributed by atoms with Gasteiger partial charge < -0.3 is 5.32 Å². The summed E-state index contributed by atoms with van der Waals surface area (Å²) < 4.78 is 0. The summed E-state index contributed by atoms with van der Waals surface area (Å²) in [5.41, 5.74) is 1.19. The number of hydrogen-bond acceptors (Lipinski definition) is 3. The first-order valence-electron chi connectivity index (χ1n) is 5.50. The van der Waals surface area contributed by atoms with Crippen LogP contribution in [-0.4, -0.2) is 23.0 Å². The lowest BCUT2D eigenvalue weighted by Crippen LogP contribution is -2.29. The van der Waals surface area contributed by atoms with E-state index in [4.69, 9.17) is 11.6 Å². The highest BCUT2D eigenvalue weighted by atomic mass is 35.5. The molecule has 0 radical (unpaired) electrons. The molecule has 1 rings (SSSR count). The van der Waals surface area contributed by atoms with E-state index in [2.05, 4.69) is 30.4 Å². The molecule has 1 aromatic heterocycles. The van der Waals surface area contributed by atoms with Crippen molar-refractivity contribution in [3.05, 3.63) is 29.0 Å². The third-order valence-corrected chi connectivity index (χ3v) is 3.39. The standard InChI is InChI=1S/C12H19ClN2S/c1-9(5-7-16-3)15-10(2)11-4-6-14-12(13)8-11/h4,6,8-10,15H,5,7H2,1-3H3. The van der Waals surface area contributed by atoms with Crippen molar-refractivity contribution in [2.75, 3.05) is 12.0 Å². The number of pyridine rings is 1. The first kappa shape index (κ1) is 13.8. The summed E-state index contributed by atoms with van der Waals surface area (Å²) in [6.45, 7) is 4.37. The predicted molar refractivity (Wildman–Crippen MR) is 73.3 cm³/mol. The molecular weight excluding hydrogens is 240 g/mol. The molecule has 0 saturated heterocycles. The van der Waals surface area contributed by atoms with Gasteiger partial charge in [-0.3, -0.25) is 0 Å². The Morgan fingerprint density at radius 2 is 2.25 bits per heavy atom. The molecule has 0 fully saturated rings. The fourth-order valence-corrected chi connectivity index (χ4v) is 2.36. The highest BCUT2D eigenvalue weighted by molar-refractivity contribution is 7.98. The summed E-state index contributed by atoms with van der Waals surface area (Å²) in [6, 6.07) is 4.76. The molecule has 2 atom stereocenters. The highest BCUT2D eigenvalue weighted by Crippen LogP contribution is 2.16. The van der Waals surface area contributed by atoms with E-state index in [0.717, 1.165) is 0 Å². The van der Waals surface area contributed by atoms with E-state index < -0.39 is 0 Å².